The van der Waals surface area contributed by atoms with Crippen molar-refractivity contribution in [3.63, 3.8) is 0 Å². The van der Waals surface area contributed by atoms with Gasteiger partial charge in [0.1, 0.15) is 0 Å². The number of nitrogens with zero attached hydrogens (tertiary/aromatic N) is 2. The van der Waals surface area contributed by atoms with Crippen LogP contribution in [0.5, 0.6) is 0 Å². The lowest BCUT2D eigenvalue weighted by Gasteiger charge is -2.17. The third-order valence-corrected chi connectivity index (χ3v) is 3.81. The molecule has 6 heteroatoms. The Bertz CT molecular complexity index is 718. The van der Waals surface area contributed by atoms with Crippen molar-refractivity contribution in [2.75, 3.05) is 18.0 Å². The molecule has 0 radical (unpaired) electrons. The summed E-state index contributed by atoms with van der Waals surface area (Å²) in [5, 5.41) is 5.69. The van der Waals surface area contributed by atoms with E-state index in [1.165, 1.54) is 0 Å². The minimum atomic E-state index is -0.178. The van der Waals surface area contributed by atoms with E-state index in [1.807, 2.05) is 25.1 Å². The summed E-state index contributed by atoms with van der Waals surface area (Å²) in [6.07, 6.45) is 3.43. The highest BCUT2D eigenvalue weighted by Gasteiger charge is 2.22. The van der Waals surface area contributed by atoms with Gasteiger partial charge in [-0.2, -0.15) is 0 Å². The molecule has 1 saturated heterocycles. The topological polar surface area (TPSA) is 74.3 Å². The fourth-order valence-electron chi connectivity index (χ4n) is 2.53. The van der Waals surface area contributed by atoms with Crippen molar-refractivity contribution < 1.29 is 9.59 Å². The molecule has 2 aromatic rings. The summed E-state index contributed by atoms with van der Waals surface area (Å²) in [6.45, 7) is 3.13. The molecule has 118 valence electrons. The van der Waals surface area contributed by atoms with Gasteiger partial charge in [0.25, 0.3) is 5.91 Å². The molecule has 2 heterocycles. The van der Waals surface area contributed by atoms with Gasteiger partial charge in [0, 0.05) is 36.7 Å². The van der Waals surface area contributed by atoms with Crippen molar-refractivity contribution in [1.29, 1.82) is 0 Å². The summed E-state index contributed by atoms with van der Waals surface area (Å²) in [5.74, 6) is -0.178. The van der Waals surface area contributed by atoms with Gasteiger partial charge in [0.05, 0.1) is 6.04 Å². The van der Waals surface area contributed by atoms with E-state index in [9.17, 15) is 9.59 Å². The summed E-state index contributed by atoms with van der Waals surface area (Å²) in [7, 11) is 0. The summed E-state index contributed by atoms with van der Waals surface area (Å²) in [6, 6.07) is 10.6. The zero-order valence-corrected chi connectivity index (χ0v) is 12.8. The minimum absolute atomic E-state index is 0.133. The Labute approximate surface area is 134 Å². The van der Waals surface area contributed by atoms with E-state index in [0.717, 1.165) is 11.3 Å². The number of anilines is 1. The largest absolute Gasteiger partial charge is 0.345 e. The van der Waals surface area contributed by atoms with Gasteiger partial charge in [-0.25, -0.2) is 4.79 Å². The van der Waals surface area contributed by atoms with Crippen LogP contribution >= 0.6 is 0 Å². The molecule has 23 heavy (non-hydrogen) atoms. The van der Waals surface area contributed by atoms with Crippen LogP contribution in [0, 0.1) is 0 Å². The molecule has 1 fully saturated rings. The molecule has 1 aromatic carbocycles. The monoisotopic (exact) mass is 310 g/mol. The van der Waals surface area contributed by atoms with E-state index in [4.69, 9.17) is 0 Å². The van der Waals surface area contributed by atoms with E-state index in [-0.39, 0.29) is 18.0 Å². The first kappa shape index (κ1) is 15.0. The second-order valence-electron chi connectivity index (χ2n) is 5.42. The number of carbonyl (C=O) groups excluding carboxylic acids is 2. The minimum Gasteiger partial charge on any atom is -0.345 e. The Balaban J connectivity index is 1.74. The highest BCUT2D eigenvalue weighted by Crippen LogP contribution is 2.19. The number of hydrogen-bond acceptors (Lipinski definition) is 3. The molecule has 3 amide bonds. The van der Waals surface area contributed by atoms with Crippen LogP contribution in [0.1, 0.15) is 28.9 Å². The highest BCUT2D eigenvalue weighted by molar-refractivity contribution is 5.98. The molecule has 1 aliphatic heterocycles. The molecule has 0 unspecified atom stereocenters. The molecule has 0 bridgehead atoms. The zero-order chi connectivity index (χ0) is 16.2. The number of nitrogens with one attached hydrogen (secondary N) is 2. The molecule has 1 aromatic heterocycles. The van der Waals surface area contributed by atoms with Gasteiger partial charge >= 0.3 is 6.03 Å². The lowest BCUT2D eigenvalue weighted by Crippen LogP contribution is -2.29. The fourth-order valence-corrected chi connectivity index (χ4v) is 2.53. The smallest absolute Gasteiger partial charge is 0.321 e. The van der Waals surface area contributed by atoms with E-state index in [2.05, 4.69) is 15.6 Å². The standard InChI is InChI=1S/C17H18N4O2/c1-12(14-5-3-7-18-11-14)20-16(22)13-4-2-6-15(10-13)21-9-8-19-17(21)23/h2-7,10-12H,8-9H2,1H3,(H,19,23)(H,20,22)/t12-/m1/s1. The van der Waals surface area contributed by atoms with Gasteiger partial charge < -0.3 is 10.6 Å². The number of hydrogen-bond donors (Lipinski definition) is 2. The van der Waals surface area contributed by atoms with Crippen LogP contribution in [-0.4, -0.2) is 30.0 Å². The first-order chi connectivity index (χ1) is 11.1. The number of pyridine rings is 1. The van der Waals surface area contributed by atoms with Crippen molar-refractivity contribution in [1.82, 2.24) is 15.6 Å². The maximum absolute atomic E-state index is 12.4. The van der Waals surface area contributed by atoms with Gasteiger partial charge in [-0.05, 0) is 36.8 Å². The van der Waals surface area contributed by atoms with E-state index in [0.29, 0.717) is 18.7 Å². The quantitative estimate of drug-likeness (QED) is 0.908. The average Bonchev–Trinajstić information content (AvgIpc) is 3.02. The Kier molecular flexibility index (Phi) is 4.23. The number of urea groups is 1. The molecule has 3 rings (SSSR count). The van der Waals surface area contributed by atoms with Crippen molar-refractivity contribution >= 4 is 17.6 Å². The summed E-state index contributed by atoms with van der Waals surface area (Å²) >= 11 is 0. The molecule has 0 saturated carbocycles. The van der Waals surface area contributed by atoms with Crippen LogP contribution in [0.25, 0.3) is 0 Å². The summed E-state index contributed by atoms with van der Waals surface area (Å²) < 4.78 is 0. The highest BCUT2D eigenvalue weighted by atomic mass is 16.2. The second-order valence-corrected chi connectivity index (χ2v) is 5.42. The van der Waals surface area contributed by atoms with E-state index < -0.39 is 0 Å². The number of carbonyl (C=O) groups is 2. The molecular formula is C17H18N4O2. The van der Waals surface area contributed by atoms with E-state index in [1.54, 1.807) is 35.5 Å². The predicted molar refractivity (Wildman–Crippen MR) is 87.3 cm³/mol. The molecule has 1 aliphatic rings. The van der Waals surface area contributed by atoms with Crippen LogP contribution in [-0.2, 0) is 0 Å². The van der Waals surface area contributed by atoms with Gasteiger partial charge in [-0.1, -0.05) is 12.1 Å². The van der Waals surface area contributed by atoms with Gasteiger partial charge in [-0.3, -0.25) is 14.7 Å². The third kappa shape index (κ3) is 3.31. The average molecular weight is 310 g/mol. The number of rotatable bonds is 4. The molecule has 1 atom stereocenters. The Morgan fingerprint density at radius 3 is 2.91 bits per heavy atom. The van der Waals surface area contributed by atoms with Crippen molar-refractivity contribution in [2.24, 2.45) is 0 Å². The molecule has 0 spiro atoms. The summed E-state index contributed by atoms with van der Waals surface area (Å²) in [4.78, 5) is 29.8. The van der Waals surface area contributed by atoms with Crippen LogP contribution in [0.2, 0.25) is 0 Å². The molecule has 6 nitrogen and oxygen atoms in total. The number of benzene rings is 1. The first-order valence-corrected chi connectivity index (χ1v) is 7.51. The van der Waals surface area contributed by atoms with Gasteiger partial charge in [-0.15, -0.1) is 0 Å². The maximum Gasteiger partial charge on any atom is 0.321 e. The van der Waals surface area contributed by atoms with Gasteiger partial charge in [0.15, 0.2) is 0 Å². The van der Waals surface area contributed by atoms with Gasteiger partial charge in [0.2, 0.25) is 0 Å². The van der Waals surface area contributed by atoms with Crippen LogP contribution in [0.3, 0.4) is 0 Å². The van der Waals surface area contributed by atoms with Crippen LogP contribution < -0.4 is 15.5 Å². The Morgan fingerprint density at radius 2 is 2.22 bits per heavy atom. The summed E-state index contributed by atoms with van der Waals surface area (Å²) in [5.41, 5.74) is 2.19. The third-order valence-electron chi connectivity index (χ3n) is 3.81. The maximum atomic E-state index is 12.4. The normalized spacial score (nSPS) is 15.2. The SMILES string of the molecule is C[C@@H](NC(=O)c1cccc(N2CCNC2=O)c1)c1cccnc1. The lowest BCUT2D eigenvalue weighted by atomic mass is 10.1. The first-order valence-electron chi connectivity index (χ1n) is 7.51. The van der Waals surface area contributed by atoms with Crippen molar-refractivity contribution in [3.05, 3.63) is 59.9 Å². The lowest BCUT2D eigenvalue weighted by molar-refractivity contribution is 0.0940. The molecule has 2 N–H and O–H groups in total. The second kappa shape index (κ2) is 6.48. The molecule has 0 aliphatic carbocycles. The van der Waals surface area contributed by atoms with Crippen LogP contribution in [0.4, 0.5) is 10.5 Å². The van der Waals surface area contributed by atoms with Crippen molar-refractivity contribution in [3.8, 4) is 0 Å². The van der Waals surface area contributed by atoms with Crippen LogP contribution in [0.15, 0.2) is 48.8 Å². The Morgan fingerprint density at radius 1 is 1.35 bits per heavy atom. The molecular weight excluding hydrogens is 292 g/mol. The fraction of sp³-hybridized carbons (Fsp3) is 0.235. The number of aromatic nitrogens is 1. The Hall–Kier alpha value is -2.89. The van der Waals surface area contributed by atoms with Crippen molar-refractivity contribution in [2.45, 2.75) is 13.0 Å². The zero-order valence-electron chi connectivity index (χ0n) is 12.8. The van der Waals surface area contributed by atoms with E-state index >= 15 is 0 Å². The predicted octanol–water partition coefficient (Wildman–Crippen LogP) is 2.10. The number of amides is 3.